The maximum Gasteiger partial charge on any atom is 0.355 e. The number of rotatable bonds is 8. The monoisotopic (exact) mass is 377 g/mol. The maximum atomic E-state index is 14.3. The van der Waals surface area contributed by atoms with Crippen LogP contribution in [-0.4, -0.2) is 37.1 Å². The minimum Gasteiger partial charge on any atom is -0.469 e. The van der Waals surface area contributed by atoms with Crippen molar-refractivity contribution in [2.45, 2.75) is 25.9 Å². The molecule has 1 N–H and O–H groups in total. The Morgan fingerprint density at radius 1 is 1.00 bits per heavy atom. The number of hydrogen-bond acceptors (Lipinski definition) is 6. The molecule has 0 bridgehead atoms. The topological polar surface area (TPSA) is 94.7 Å². The summed E-state index contributed by atoms with van der Waals surface area (Å²) in [6.45, 7) is 0.00306. The first-order valence-corrected chi connectivity index (χ1v) is 8.20. The second kappa shape index (κ2) is 9.51. The molecule has 2 rings (SSSR count). The van der Waals surface area contributed by atoms with Crippen LogP contribution in [0.3, 0.4) is 0 Å². The molecule has 27 heavy (non-hydrogen) atoms. The Hall–Kier alpha value is -3.16. The van der Waals surface area contributed by atoms with Crippen LogP contribution in [0.5, 0.6) is 0 Å². The Morgan fingerprint density at radius 3 is 2.30 bits per heavy atom. The molecule has 0 saturated heterocycles. The van der Waals surface area contributed by atoms with E-state index in [1.165, 1.54) is 14.2 Å². The lowest BCUT2D eigenvalue weighted by Gasteiger charge is -2.08. The molecule has 0 saturated carbocycles. The van der Waals surface area contributed by atoms with Crippen LogP contribution in [-0.2, 0) is 43.2 Å². The first kappa shape index (κ1) is 20.2. The molecule has 8 heteroatoms. The largest absolute Gasteiger partial charge is 0.469 e. The summed E-state index contributed by atoms with van der Waals surface area (Å²) < 4.78 is 28.7. The molecule has 0 unspecified atom stereocenters. The van der Waals surface area contributed by atoms with Crippen LogP contribution >= 0.6 is 0 Å². The zero-order valence-corrected chi connectivity index (χ0v) is 15.0. The van der Waals surface area contributed by atoms with Crippen LogP contribution < -0.4 is 0 Å². The third kappa shape index (κ3) is 5.40. The Morgan fingerprint density at radius 2 is 1.67 bits per heavy atom. The zero-order chi connectivity index (χ0) is 19.8. The second-order valence-corrected chi connectivity index (χ2v) is 5.66. The summed E-state index contributed by atoms with van der Waals surface area (Å²) >= 11 is 0. The van der Waals surface area contributed by atoms with Gasteiger partial charge in [-0.05, 0) is 17.5 Å². The summed E-state index contributed by atoms with van der Waals surface area (Å²) in [6.07, 6.45) is -0.447. The molecule has 0 aliphatic rings. The maximum absolute atomic E-state index is 14.3. The molecule has 1 heterocycles. The molecule has 144 valence electrons. The summed E-state index contributed by atoms with van der Waals surface area (Å²) in [5, 5.41) is 0. The second-order valence-electron chi connectivity index (χ2n) is 5.66. The average Bonchev–Trinajstić information content (AvgIpc) is 3.00. The number of carbonyl (C=O) groups excluding carboxylic acids is 3. The molecule has 1 aromatic heterocycles. The minimum absolute atomic E-state index is 0.00306. The molecule has 0 aliphatic carbocycles. The number of hydrogen-bond donors (Lipinski definition) is 1. The van der Waals surface area contributed by atoms with E-state index in [4.69, 9.17) is 4.74 Å². The first-order valence-electron chi connectivity index (χ1n) is 8.20. The normalized spacial score (nSPS) is 10.3. The molecule has 0 atom stereocenters. The fourth-order valence-corrected chi connectivity index (χ4v) is 2.52. The van der Waals surface area contributed by atoms with Crippen LogP contribution in [0.2, 0.25) is 0 Å². The van der Waals surface area contributed by atoms with E-state index in [9.17, 15) is 18.8 Å². The Balaban J connectivity index is 2.24. The van der Waals surface area contributed by atoms with Crippen molar-refractivity contribution in [1.29, 1.82) is 0 Å². The van der Waals surface area contributed by atoms with Crippen LogP contribution in [0, 0.1) is 5.95 Å². The van der Waals surface area contributed by atoms with Crippen molar-refractivity contribution in [2.24, 2.45) is 0 Å². The molecule has 0 spiro atoms. The lowest BCUT2D eigenvalue weighted by atomic mass is 10.0. The van der Waals surface area contributed by atoms with Gasteiger partial charge in [-0.2, -0.15) is 4.39 Å². The smallest absolute Gasteiger partial charge is 0.355 e. The van der Waals surface area contributed by atoms with Crippen LogP contribution in [0.1, 0.15) is 33.6 Å². The fourth-order valence-electron chi connectivity index (χ4n) is 2.52. The number of halogens is 1. The highest BCUT2D eigenvalue weighted by Crippen LogP contribution is 2.23. The number of ether oxygens (including phenoxy) is 3. The molecule has 2 aromatic rings. The minimum atomic E-state index is -0.841. The van der Waals surface area contributed by atoms with E-state index in [0.29, 0.717) is 0 Å². The van der Waals surface area contributed by atoms with Crippen molar-refractivity contribution in [3.8, 4) is 0 Å². The van der Waals surface area contributed by atoms with E-state index in [1.54, 1.807) is 24.3 Å². The average molecular weight is 377 g/mol. The van der Waals surface area contributed by atoms with E-state index in [-0.39, 0.29) is 42.7 Å². The number of esters is 3. The van der Waals surface area contributed by atoms with Crippen LogP contribution in [0.25, 0.3) is 0 Å². The number of methoxy groups -OCH3 is 2. The van der Waals surface area contributed by atoms with Gasteiger partial charge in [0.15, 0.2) is 5.95 Å². The highest BCUT2D eigenvalue weighted by atomic mass is 19.1. The van der Waals surface area contributed by atoms with Crippen molar-refractivity contribution in [3.05, 3.63) is 58.7 Å². The molecule has 0 radical (unpaired) electrons. The van der Waals surface area contributed by atoms with Crippen molar-refractivity contribution < 1.29 is 33.0 Å². The molecule has 0 amide bonds. The van der Waals surface area contributed by atoms with Gasteiger partial charge in [-0.3, -0.25) is 9.59 Å². The summed E-state index contributed by atoms with van der Waals surface area (Å²) in [6, 6.07) is 8.99. The lowest BCUT2D eigenvalue weighted by molar-refractivity contribution is -0.141. The van der Waals surface area contributed by atoms with Gasteiger partial charge in [-0.25, -0.2) is 4.79 Å². The van der Waals surface area contributed by atoms with Gasteiger partial charge in [0.2, 0.25) is 0 Å². The van der Waals surface area contributed by atoms with Gasteiger partial charge >= 0.3 is 17.9 Å². The van der Waals surface area contributed by atoms with Gasteiger partial charge in [0, 0.05) is 12.0 Å². The fraction of sp³-hybridized carbons (Fsp3) is 0.316. The van der Waals surface area contributed by atoms with E-state index >= 15 is 0 Å². The Bertz CT molecular complexity index is 815. The van der Waals surface area contributed by atoms with E-state index in [0.717, 1.165) is 5.56 Å². The van der Waals surface area contributed by atoms with E-state index in [1.807, 2.05) is 6.07 Å². The summed E-state index contributed by atoms with van der Waals surface area (Å²) in [4.78, 5) is 37.7. The van der Waals surface area contributed by atoms with Gasteiger partial charge < -0.3 is 19.2 Å². The molecular formula is C19H20FNO6. The van der Waals surface area contributed by atoms with Crippen molar-refractivity contribution in [2.75, 3.05) is 14.2 Å². The molecule has 0 fully saturated rings. The molecule has 1 aromatic carbocycles. The predicted octanol–water partition coefficient (Wildman–Crippen LogP) is 2.33. The van der Waals surface area contributed by atoms with E-state index < -0.39 is 23.9 Å². The Labute approximate surface area is 155 Å². The quantitative estimate of drug-likeness (QED) is 0.560. The highest BCUT2D eigenvalue weighted by Gasteiger charge is 2.25. The predicted molar refractivity (Wildman–Crippen MR) is 92.4 cm³/mol. The number of carbonyl (C=O) groups is 3. The summed E-state index contributed by atoms with van der Waals surface area (Å²) in [5.74, 6) is -2.82. The van der Waals surface area contributed by atoms with Gasteiger partial charge in [-0.15, -0.1) is 0 Å². The first-order chi connectivity index (χ1) is 13.0. The van der Waals surface area contributed by atoms with Gasteiger partial charge in [0.05, 0.1) is 20.6 Å². The lowest BCUT2D eigenvalue weighted by Crippen LogP contribution is -2.12. The summed E-state index contributed by atoms with van der Waals surface area (Å²) in [7, 11) is 2.40. The molecular weight excluding hydrogens is 357 g/mol. The highest BCUT2D eigenvalue weighted by molar-refractivity contribution is 5.90. The summed E-state index contributed by atoms with van der Waals surface area (Å²) in [5.41, 5.74) is 0.800. The molecule has 0 aliphatic heterocycles. The molecule has 7 nitrogen and oxygen atoms in total. The van der Waals surface area contributed by atoms with Gasteiger partial charge in [0.1, 0.15) is 12.3 Å². The third-order valence-corrected chi connectivity index (χ3v) is 3.94. The number of nitrogens with one attached hydrogen (secondary N) is 1. The Kier molecular flexibility index (Phi) is 7.10. The SMILES string of the molecule is COC(=O)CCc1c(C(=O)OCc2ccccc2)[nH]c(F)c1CC(=O)OC. The third-order valence-electron chi connectivity index (χ3n) is 3.94. The number of H-pyrrole nitrogens is 1. The van der Waals surface area contributed by atoms with Crippen molar-refractivity contribution >= 4 is 17.9 Å². The zero-order valence-electron chi connectivity index (χ0n) is 15.0. The number of benzene rings is 1. The van der Waals surface area contributed by atoms with Crippen molar-refractivity contribution in [3.63, 3.8) is 0 Å². The van der Waals surface area contributed by atoms with Crippen LogP contribution in [0.15, 0.2) is 30.3 Å². The van der Waals surface area contributed by atoms with Crippen molar-refractivity contribution in [1.82, 2.24) is 4.98 Å². The van der Waals surface area contributed by atoms with Gasteiger partial charge in [0.25, 0.3) is 0 Å². The number of aromatic nitrogens is 1. The van der Waals surface area contributed by atoms with E-state index in [2.05, 4.69) is 14.5 Å². The standard InChI is InChI=1S/C19H20FNO6/c1-25-15(22)9-8-13-14(10-16(23)26-2)18(20)21-17(13)19(24)27-11-12-6-4-3-5-7-12/h3-7,21H,8-11H2,1-2H3. The van der Waals surface area contributed by atoms with Gasteiger partial charge in [-0.1, -0.05) is 30.3 Å². The number of aromatic amines is 1. The van der Waals surface area contributed by atoms with Crippen LogP contribution in [0.4, 0.5) is 4.39 Å².